The summed E-state index contributed by atoms with van der Waals surface area (Å²) < 4.78 is 1.73. The van der Waals surface area contributed by atoms with Gasteiger partial charge in [0.2, 0.25) is 0 Å². The molecule has 1 aromatic carbocycles. The van der Waals surface area contributed by atoms with E-state index in [2.05, 4.69) is 5.10 Å². The molecule has 1 aromatic heterocycles. The van der Waals surface area contributed by atoms with E-state index in [4.69, 9.17) is 4.84 Å². The summed E-state index contributed by atoms with van der Waals surface area (Å²) in [5.74, 6) is -0.211. The average Bonchev–Trinajstić information content (AvgIpc) is 2.86. The number of hydrogen-bond donors (Lipinski definition) is 0. The van der Waals surface area contributed by atoms with Crippen molar-refractivity contribution < 1.29 is 9.63 Å². The fourth-order valence-corrected chi connectivity index (χ4v) is 1.60. The smallest absolute Gasteiger partial charge is 0.274 e. The van der Waals surface area contributed by atoms with Gasteiger partial charge in [0.05, 0.1) is 25.4 Å². The van der Waals surface area contributed by atoms with Gasteiger partial charge in [-0.3, -0.25) is 14.3 Å². The Morgan fingerprint density at radius 2 is 2.11 bits per heavy atom. The van der Waals surface area contributed by atoms with Crippen molar-refractivity contribution in [1.29, 1.82) is 0 Å². The number of aromatic nitrogens is 2. The molecule has 2 aromatic rings. The van der Waals surface area contributed by atoms with Crippen molar-refractivity contribution in [2.75, 3.05) is 14.2 Å². The molecule has 2 rings (SSSR count). The van der Waals surface area contributed by atoms with Crippen LogP contribution in [0.15, 0.2) is 42.7 Å². The number of carbonyl (C=O) groups is 1. The first kappa shape index (κ1) is 12.3. The molecular formula is C13H15N3O2. The Labute approximate surface area is 106 Å². The molecule has 0 aliphatic rings. The van der Waals surface area contributed by atoms with Crippen LogP contribution in [-0.2, 0) is 11.4 Å². The summed E-state index contributed by atoms with van der Waals surface area (Å²) in [5.41, 5.74) is 1.65. The lowest BCUT2D eigenvalue weighted by Crippen LogP contribution is -2.24. The van der Waals surface area contributed by atoms with Gasteiger partial charge in [-0.15, -0.1) is 0 Å². The number of carbonyl (C=O) groups excluding carboxylic acids is 1. The molecule has 5 heteroatoms. The normalized spacial score (nSPS) is 10.3. The monoisotopic (exact) mass is 245 g/mol. The van der Waals surface area contributed by atoms with Crippen LogP contribution in [0.2, 0.25) is 0 Å². The first-order valence-corrected chi connectivity index (χ1v) is 5.59. The largest absolute Gasteiger partial charge is 0.280 e. The number of rotatable bonds is 4. The molecule has 0 fully saturated rings. The van der Waals surface area contributed by atoms with Gasteiger partial charge in [0.1, 0.15) is 0 Å². The predicted octanol–water partition coefficient (Wildman–Crippen LogP) is 1.56. The fraction of sp³-hybridized carbons (Fsp3) is 0.231. The van der Waals surface area contributed by atoms with Crippen LogP contribution in [-0.4, -0.2) is 34.9 Å². The summed E-state index contributed by atoms with van der Waals surface area (Å²) in [4.78, 5) is 16.6. The molecule has 0 atom stereocenters. The van der Waals surface area contributed by atoms with Crippen LogP contribution in [0, 0.1) is 0 Å². The highest BCUT2D eigenvalue weighted by Crippen LogP contribution is 2.06. The Balaban J connectivity index is 2.09. The minimum atomic E-state index is -0.211. The highest BCUT2D eigenvalue weighted by Gasteiger charge is 2.13. The van der Waals surface area contributed by atoms with Crippen LogP contribution in [0.3, 0.4) is 0 Å². The topological polar surface area (TPSA) is 47.4 Å². The Morgan fingerprint density at radius 1 is 1.39 bits per heavy atom. The molecule has 0 aliphatic carbocycles. The fourth-order valence-electron chi connectivity index (χ4n) is 1.60. The zero-order valence-electron chi connectivity index (χ0n) is 10.4. The Hall–Kier alpha value is -2.14. The number of hydrogen-bond acceptors (Lipinski definition) is 3. The molecular weight excluding hydrogens is 230 g/mol. The number of amides is 1. The Kier molecular flexibility index (Phi) is 3.74. The van der Waals surface area contributed by atoms with Crippen molar-refractivity contribution >= 4 is 5.91 Å². The summed E-state index contributed by atoms with van der Waals surface area (Å²) in [6.45, 7) is 0.644. The van der Waals surface area contributed by atoms with Crippen molar-refractivity contribution in [3.8, 4) is 0 Å². The van der Waals surface area contributed by atoms with Crippen molar-refractivity contribution in [3.63, 3.8) is 0 Å². The van der Waals surface area contributed by atoms with Gasteiger partial charge in [-0.2, -0.15) is 5.10 Å². The highest BCUT2D eigenvalue weighted by molar-refractivity contribution is 5.92. The van der Waals surface area contributed by atoms with Crippen LogP contribution in [0.25, 0.3) is 0 Å². The maximum absolute atomic E-state index is 11.8. The maximum Gasteiger partial charge on any atom is 0.280 e. The zero-order chi connectivity index (χ0) is 13.0. The maximum atomic E-state index is 11.8. The van der Waals surface area contributed by atoms with E-state index in [0.29, 0.717) is 12.1 Å². The summed E-state index contributed by atoms with van der Waals surface area (Å²) in [5, 5.41) is 5.33. The zero-order valence-corrected chi connectivity index (χ0v) is 10.4. The lowest BCUT2D eigenvalue weighted by molar-refractivity contribution is -0.0757. The quantitative estimate of drug-likeness (QED) is 0.768. The number of hydroxylamine groups is 2. The molecule has 0 unspecified atom stereocenters. The molecule has 0 aliphatic heterocycles. The highest BCUT2D eigenvalue weighted by atomic mass is 16.7. The van der Waals surface area contributed by atoms with E-state index < -0.39 is 0 Å². The second kappa shape index (κ2) is 5.46. The molecule has 0 spiro atoms. The number of benzene rings is 1. The van der Waals surface area contributed by atoms with Gasteiger partial charge in [-0.25, -0.2) is 5.06 Å². The summed E-state index contributed by atoms with van der Waals surface area (Å²) in [6.07, 6.45) is 3.26. The van der Waals surface area contributed by atoms with Crippen LogP contribution >= 0.6 is 0 Å². The molecule has 94 valence electrons. The van der Waals surface area contributed by atoms with Crippen LogP contribution in [0.4, 0.5) is 0 Å². The lowest BCUT2D eigenvalue weighted by Gasteiger charge is -2.11. The van der Waals surface area contributed by atoms with E-state index in [1.165, 1.54) is 12.2 Å². The van der Waals surface area contributed by atoms with Crippen LogP contribution < -0.4 is 0 Å². The van der Waals surface area contributed by atoms with Gasteiger partial charge < -0.3 is 0 Å². The summed E-state index contributed by atoms with van der Waals surface area (Å²) in [6, 6.07) is 9.96. The van der Waals surface area contributed by atoms with Crippen molar-refractivity contribution in [2.24, 2.45) is 0 Å². The molecule has 0 N–H and O–H groups in total. The van der Waals surface area contributed by atoms with E-state index in [9.17, 15) is 4.79 Å². The Morgan fingerprint density at radius 3 is 2.78 bits per heavy atom. The molecule has 18 heavy (non-hydrogen) atoms. The average molecular weight is 245 g/mol. The minimum absolute atomic E-state index is 0.211. The molecule has 1 amide bonds. The Bertz CT molecular complexity index is 522. The first-order chi connectivity index (χ1) is 8.70. The third-order valence-electron chi connectivity index (χ3n) is 2.63. The second-order valence-corrected chi connectivity index (χ2v) is 3.90. The molecule has 0 saturated carbocycles. The van der Waals surface area contributed by atoms with Gasteiger partial charge in [0.15, 0.2) is 0 Å². The van der Waals surface area contributed by atoms with Crippen LogP contribution in [0.1, 0.15) is 15.9 Å². The number of nitrogens with zero attached hydrogens (tertiary/aromatic N) is 3. The van der Waals surface area contributed by atoms with E-state index in [1.54, 1.807) is 24.1 Å². The van der Waals surface area contributed by atoms with Gasteiger partial charge in [-0.05, 0) is 5.56 Å². The third kappa shape index (κ3) is 2.75. The van der Waals surface area contributed by atoms with E-state index in [-0.39, 0.29) is 5.91 Å². The minimum Gasteiger partial charge on any atom is -0.274 e. The van der Waals surface area contributed by atoms with Gasteiger partial charge in [0, 0.05) is 13.2 Å². The second-order valence-electron chi connectivity index (χ2n) is 3.90. The lowest BCUT2D eigenvalue weighted by atomic mass is 10.2. The molecule has 0 saturated heterocycles. The summed E-state index contributed by atoms with van der Waals surface area (Å²) in [7, 11) is 3.02. The summed E-state index contributed by atoms with van der Waals surface area (Å²) >= 11 is 0. The van der Waals surface area contributed by atoms with Gasteiger partial charge in [0.25, 0.3) is 5.91 Å². The van der Waals surface area contributed by atoms with Gasteiger partial charge >= 0.3 is 0 Å². The molecule has 5 nitrogen and oxygen atoms in total. The van der Waals surface area contributed by atoms with E-state index in [1.807, 2.05) is 30.3 Å². The van der Waals surface area contributed by atoms with Crippen LogP contribution in [0.5, 0.6) is 0 Å². The molecule has 1 heterocycles. The van der Waals surface area contributed by atoms with Gasteiger partial charge in [-0.1, -0.05) is 30.3 Å². The van der Waals surface area contributed by atoms with Crippen molar-refractivity contribution in [3.05, 3.63) is 53.9 Å². The SMILES string of the molecule is CON(C)C(=O)c1cnn(Cc2ccccc2)c1. The van der Waals surface area contributed by atoms with Crippen molar-refractivity contribution in [1.82, 2.24) is 14.8 Å². The van der Waals surface area contributed by atoms with E-state index >= 15 is 0 Å². The first-order valence-electron chi connectivity index (χ1n) is 5.59. The van der Waals surface area contributed by atoms with Crippen molar-refractivity contribution in [2.45, 2.75) is 6.54 Å². The predicted molar refractivity (Wildman–Crippen MR) is 66.9 cm³/mol. The standard InChI is InChI=1S/C13H15N3O2/c1-15(18-2)13(17)12-8-14-16(10-12)9-11-6-4-3-5-7-11/h3-8,10H,9H2,1-2H3. The van der Waals surface area contributed by atoms with E-state index in [0.717, 1.165) is 5.56 Å². The molecule has 0 radical (unpaired) electrons. The molecule has 0 bridgehead atoms. The third-order valence-corrected chi connectivity index (χ3v) is 2.63.